The van der Waals surface area contributed by atoms with E-state index in [-0.39, 0.29) is 10.3 Å². The van der Waals surface area contributed by atoms with Gasteiger partial charge in [0.2, 0.25) is 10.0 Å². The van der Waals surface area contributed by atoms with Gasteiger partial charge in [0.1, 0.15) is 0 Å². The number of sulfonamides is 1. The summed E-state index contributed by atoms with van der Waals surface area (Å²) in [4.78, 5) is 0.269. The molecular formula is C12H18ClNO3S. The summed E-state index contributed by atoms with van der Waals surface area (Å²) in [7, 11) is -1.77. The number of hydrogen-bond acceptors (Lipinski definition) is 3. The van der Waals surface area contributed by atoms with Gasteiger partial charge in [0.05, 0.1) is 16.9 Å². The number of halogens is 1. The van der Waals surface area contributed by atoms with Gasteiger partial charge in [-0.15, -0.1) is 11.6 Å². The summed E-state index contributed by atoms with van der Waals surface area (Å²) < 4.78 is 30.8. The minimum absolute atomic E-state index is 0.105. The molecule has 0 aliphatic rings. The smallest absolute Gasteiger partial charge is 0.240 e. The molecule has 18 heavy (non-hydrogen) atoms. The van der Waals surface area contributed by atoms with Crippen molar-refractivity contribution >= 4 is 21.6 Å². The van der Waals surface area contributed by atoms with E-state index < -0.39 is 10.0 Å². The second kappa shape index (κ2) is 7.09. The first-order valence-corrected chi connectivity index (χ1v) is 7.63. The summed E-state index contributed by atoms with van der Waals surface area (Å²) >= 11 is 6.04. The summed E-state index contributed by atoms with van der Waals surface area (Å²) in [6.45, 7) is 2.59. The number of rotatable bonds is 7. The molecule has 6 heteroatoms. The topological polar surface area (TPSA) is 55.4 Å². The van der Waals surface area contributed by atoms with Crippen LogP contribution in [0.5, 0.6) is 0 Å². The average molecular weight is 292 g/mol. The van der Waals surface area contributed by atoms with E-state index in [0.29, 0.717) is 19.6 Å². The molecule has 0 heterocycles. The highest BCUT2D eigenvalue weighted by atomic mass is 35.5. The predicted molar refractivity (Wildman–Crippen MR) is 72.5 cm³/mol. The van der Waals surface area contributed by atoms with Crippen molar-refractivity contribution in [1.29, 1.82) is 0 Å². The lowest BCUT2D eigenvalue weighted by atomic mass is 10.1. The van der Waals surface area contributed by atoms with Gasteiger partial charge < -0.3 is 4.74 Å². The van der Waals surface area contributed by atoms with E-state index in [1.165, 1.54) is 0 Å². The van der Waals surface area contributed by atoms with E-state index in [9.17, 15) is 8.42 Å². The fourth-order valence-electron chi connectivity index (χ4n) is 1.57. The number of nitrogens with one attached hydrogen (secondary N) is 1. The van der Waals surface area contributed by atoms with Crippen LogP contribution in [0.3, 0.4) is 0 Å². The Balaban J connectivity index is 2.74. The molecule has 0 fully saturated rings. The summed E-state index contributed by atoms with van der Waals surface area (Å²) in [5, 5.41) is -0.105. The Morgan fingerprint density at radius 1 is 1.33 bits per heavy atom. The van der Waals surface area contributed by atoms with Gasteiger partial charge in [0.25, 0.3) is 0 Å². The number of hydrogen-bond donors (Lipinski definition) is 1. The van der Waals surface area contributed by atoms with Crippen LogP contribution >= 0.6 is 11.6 Å². The molecule has 0 saturated heterocycles. The van der Waals surface area contributed by atoms with E-state index in [2.05, 4.69) is 4.72 Å². The number of ether oxygens (including phenoxy) is 1. The molecule has 0 bridgehead atoms. The number of methoxy groups -OCH3 is 1. The third-order valence-electron chi connectivity index (χ3n) is 2.37. The van der Waals surface area contributed by atoms with Gasteiger partial charge in [0.15, 0.2) is 0 Å². The van der Waals surface area contributed by atoms with E-state index in [4.69, 9.17) is 16.3 Å². The molecule has 1 unspecified atom stereocenters. The van der Waals surface area contributed by atoms with E-state index in [1.54, 1.807) is 38.3 Å². The third-order valence-corrected chi connectivity index (χ3v) is 4.21. The van der Waals surface area contributed by atoms with Crippen molar-refractivity contribution in [3.8, 4) is 0 Å². The Labute approximate surface area is 113 Å². The first kappa shape index (κ1) is 15.4. The summed E-state index contributed by atoms with van der Waals surface area (Å²) in [6, 6.07) is 6.72. The van der Waals surface area contributed by atoms with Crippen LogP contribution in [0.1, 0.15) is 12.5 Å². The van der Waals surface area contributed by atoms with Gasteiger partial charge in [-0.3, -0.25) is 0 Å². The van der Waals surface area contributed by atoms with Crippen molar-refractivity contribution in [1.82, 2.24) is 4.72 Å². The zero-order valence-electron chi connectivity index (χ0n) is 10.5. The van der Waals surface area contributed by atoms with Crippen molar-refractivity contribution in [3.63, 3.8) is 0 Å². The van der Waals surface area contributed by atoms with Crippen molar-refractivity contribution in [2.75, 3.05) is 20.3 Å². The maximum atomic E-state index is 11.7. The molecular weight excluding hydrogens is 274 g/mol. The average Bonchev–Trinajstić information content (AvgIpc) is 2.30. The van der Waals surface area contributed by atoms with Gasteiger partial charge in [-0.1, -0.05) is 19.1 Å². The maximum Gasteiger partial charge on any atom is 0.240 e. The Bertz CT molecular complexity index is 459. The molecule has 0 spiro atoms. The molecule has 0 radical (unpaired) electrons. The molecule has 1 rings (SSSR count). The largest absolute Gasteiger partial charge is 0.383 e. The zero-order chi connectivity index (χ0) is 13.6. The third kappa shape index (κ3) is 4.57. The lowest BCUT2D eigenvalue weighted by molar-refractivity contribution is 0.197. The first-order chi connectivity index (χ1) is 8.49. The van der Waals surface area contributed by atoms with E-state index in [0.717, 1.165) is 5.56 Å². The number of benzene rings is 1. The molecule has 1 aromatic rings. The van der Waals surface area contributed by atoms with Crippen LogP contribution in [0, 0.1) is 0 Å². The standard InChI is InChI=1S/C12H18ClNO3S/c1-3-14-18(15,16)12-6-4-10(5-7-12)8-11(13)9-17-2/h4-7,11,14H,3,8-9H2,1-2H3. The van der Waals surface area contributed by atoms with Gasteiger partial charge in [-0.2, -0.15) is 0 Å². The van der Waals surface area contributed by atoms with Crippen LogP contribution in [-0.2, 0) is 21.2 Å². The molecule has 1 N–H and O–H groups in total. The van der Waals surface area contributed by atoms with Gasteiger partial charge in [0, 0.05) is 13.7 Å². The molecule has 0 amide bonds. The molecule has 4 nitrogen and oxygen atoms in total. The highest BCUT2D eigenvalue weighted by Crippen LogP contribution is 2.13. The Kier molecular flexibility index (Phi) is 6.08. The van der Waals surface area contributed by atoms with Crippen molar-refractivity contribution in [3.05, 3.63) is 29.8 Å². The monoisotopic (exact) mass is 291 g/mol. The maximum absolute atomic E-state index is 11.7. The predicted octanol–water partition coefficient (Wildman–Crippen LogP) is 1.78. The van der Waals surface area contributed by atoms with Crippen LogP contribution in [-0.4, -0.2) is 34.1 Å². The lowest BCUT2D eigenvalue weighted by Gasteiger charge is -2.09. The number of alkyl halides is 1. The van der Waals surface area contributed by atoms with Crippen molar-refractivity contribution in [2.24, 2.45) is 0 Å². The van der Waals surface area contributed by atoms with E-state index >= 15 is 0 Å². The SMILES string of the molecule is CCNS(=O)(=O)c1ccc(CC(Cl)COC)cc1. The van der Waals surface area contributed by atoms with E-state index in [1.807, 2.05) is 0 Å². The second-order valence-electron chi connectivity index (χ2n) is 3.90. The van der Waals surface area contributed by atoms with Crippen molar-refractivity contribution in [2.45, 2.75) is 23.6 Å². The molecule has 1 aromatic carbocycles. The lowest BCUT2D eigenvalue weighted by Crippen LogP contribution is -2.23. The zero-order valence-corrected chi connectivity index (χ0v) is 12.1. The second-order valence-corrected chi connectivity index (χ2v) is 6.29. The highest BCUT2D eigenvalue weighted by molar-refractivity contribution is 7.89. The first-order valence-electron chi connectivity index (χ1n) is 5.71. The van der Waals surface area contributed by atoms with Crippen LogP contribution in [0.15, 0.2) is 29.2 Å². The van der Waals surface area contributed by atoms with Crippen LogP contribution in [0.4, 0.5) is 0 Å². The van der Waals surface area contributed by atoms with Gasteiger partial charge in [-0.25, -0.2) is 13.1 Å². The van der Waals surface area contributed by atoms with Crippen LogP contribution < -0.4 is 4.72 Å². The van der Waals surface area contributed by atoms with Crippen molar-refractivity contribution < 1.29 is 13.2 Å². The summed E-state index contributed by atoms with van der Waals surface area (Å²) in [5.74, 6) is 0. The molecule has 102 valence electrons. The van der Waals surface area contributed by atoms with Gasteiger partial charge >= 0.3 is 0 Å². The normalized spacial score (nSPS) is 13.5. The molecule has 0 aliphatic heterocycles. The fraction of sp³-hybridized carbons (Fsp3) is 0.500. The molecule has 0 saturated carbocycles. The minimum Gasteiger partial charge on any atom is -0.383 e. The quantitative estimate of drug-likeness (QED) is 0.779. The van der Waals surface area contributed by atoms with Crippen LogP contribution in [0.2, 0.25) is 0 Å². The van der Waals surface area contributed by atoms with Crippen LogP contribution in [0.25, 0.3) is 0 Å². The Morgan fingerprint density at radius 3 is 2.44 bits per heavy atom. The minimum atomic E-state index is -3.37. The molecule has 0 aliphatic carbocycles. The summed E-state index contributed by atoms with van der Waals surface area (Å²) in [5.41, 5.74) is 0.988. The van der Waals surface area contributed by atoms with Gasteiger partial charge in [-0.05, 0) is 24.1 Å². The molecule has 0 aromatic heterocycles. The Morgan fingerprint density at radius 2 is 1.94 bits per heavy atom. The highest BCUT2D eigenvalue weighted by Gasteiger charge is 2.12. The summed E-state index contributed by atoms with van der Waals surface area (Å²) in [6.07, 6.45) is 0.650. The Hall–Kier alpha value is -0.620. The molecule has 1 atom stereocenters. The fourth-order valence-corrected chi connectivity index (χ4v) is 2.92.